The summed E-state index contributed by atoms with van der Waals surface area (Å²) in [5.41, 5.74) is 3.18. The summed E-state index contributed by atoms with van der Waals surface area (Å²) in [6.45, 7) is 2.47. The fourth-order valence-electron chi connectivity index (χ4n) is 1.29. The van der Waals surface area contributed by atoms with Gasteiger partial charge in [0.05, 0.1) is 0 Å². The summed E-state index contributed by atoms with van der Waals surface area (Å²) in [6, 6.07) is 0. The highest BCUT2D eigenvalue weighted by Crippen LogP contribution is 2.06. The molecule has 0 aromatic carbocycles. The molecule has 0 unspecified atom stereocenters. The molecule has 2 nitrogen and oxygen atoms in total. The zero-order valence-electron chi connectivity index (χ0n) is 6.19. The van der Waals surface area contributed by atoms with Gasteiger partial charge in [0.25, 0.3) is 0 Å². The van der Waals surface area contributed by atoms with Gasteiger partial charge in [0.15, 0.2) is 0 Å². The van der Waals surface area contributed by atoms with Crippen LogP contribution in [0.5, 0.6) is 0 Å². The first-order valence-electron chi connectivity index (χ1n) is 3.86. The van der Waals surface area contributed by atoms with Gasteiger partial charge in [-0.3, -0.25) is 5.43 Å². The first-order valence-corrected chi connectivity index (χ1v) is 3.86. The number of nitrogens with zero attached hydrogens (tertiary/aromatic N) is 1. The summed E-state index contributed by atoms with van der Waals surface area (Å²) in [7, 11) is 2.01. The minimum atomic E-state index is 1.23. The van der Waals surface area contributed by atoms with E-state index >= 15 is 0 Å². The third-order valence-corrected chi connectivity index (χ3v) is 1.92. The van der Waals surface area contributed by atoms with E-state index in [-0.39, 0.29) is 0 Å². The van der Waals surface area contributed by atoms with Crippen LogP contribution >= 0.6 is 0 Å². The molecule has 1 heterocycles. The second kappa shape index (κ2) is 3.85. The quantitative estimate of drug-likeness (QED) is 0.566. The number of hydrogen-bond donors (Lipinski definition) is 1. The van der Waals surface area contributed by atoms with E-state index in [2.05, 4.69) is 10.4 Å². The van der Waals surface area contributed by atoms with Crippen LogP contribution in [0.25, 0.3) is 0 Å². The number of hydrazine groups is 1. The summed E-state index contributed by atoms with van der Waals surface area (Å²) < 4.78 is 0. The smallest absolute Gasteiger partial charge is 0.0130 e. The molecule has 1 fully saturated rings. The third-order valence-electron chi connectivity index (χ3n) is 1.92. The molecule has 1 aliphatic heterocycles. The molecular weight excluding hydrogens is 112 g/mol. The maximum absolute atomic E-state index is 3.18. The zero-order chi connectivity index (χ0) is 6.53. The fourth-order valence-corrected chi connectivity index (χ4v) is 1.29. The van der Waals surface area contributed by atoms with Crippen LogP contribution in [0.4, 0.5) is 0 Å². The summed E-state index contributed by atoms with van der Waals surface area (Å²) >= 11 is 0. The normalized spacial score (nSPS) is 23.7. The van der Waals surface area contributed by atoms with Gasteiger partial charge in [-0.2, -0.15) is 0 Å². The fraction of sp³-hybridized carbons (Fsp3) is 1.00. The Morgan fingerprint density at radius 3 is 2.00 bits per heavy atom. The van der Waals surface area contributed by atoms with E-state index in [4.69, 9.17) is 0 Å². The minimum Gasteiger partial charge on any atom is -0.258 e. The van der Waals surface area contributed by atoms with E-state index in [0.717, 1.165) is 0 Å². The van der Waals surface area contributed by atoms with Gasteiger partial charge >= 0.3 is 0 Å². The molecular formula is C7H16N2. The molecule has 1 saturated heterocycles. The van der Waals surface area contributed by atoms with Crippen molar-refractivity contribution in [2.75, 3.05) is 20.1 Å². The van der Waals surface area contributed by atoms with Gasteiger partial charge in [0.1, 0.15) is 0 Å². The first kappa shape index (κ1) is 7.03. The molecule has 54 valence electrons. The molecule has 0 aromatic rings. The predicted octanol–water partition coefficient (Wildman–Crippen LogP) is 0.997. The lowest BCUT2D eigenvalue weighted by Crippen LogP contribution is -2.35. The van der Waals surface area contributed by atoms with Crippen molar-refractivity contribution in [3.8, 4) is 0 Å². The Morgan fingerprint density at radius 2 is 1.56 bits per heavy atom. The molecule has 0 bridgehead atoms. The van der Waals surface area contributed by atoms with E-state index < -0.39 is 0 Å². The van der Waals surface area contributed by atoms with Crippen molar-refractivity contribution in [3.05, 3.63) is 0 Å². The molecule has 0 amide bonds. The van der Waals surface area contributed by atoms with Crippen molar-refractivity contribution in [1.82, 2.24) is 10.4 Å². The van der Waals surface area contributed by atoms with E-state index in [1.165, 1.54) is 38.8 Å². The summed E-state index contributed by atoms with van der Waals surface area (Å²) in [5.74, 6) is 0. The molecule has 0 saturated carbocycles. The molecule has 0 aliphatic carbocycles. The van der Waals surface area contributed by atoms with Crippen LogP contribution in [0.2, 0.25) is 0 Å². The standard InChI is InChI=1S/C7H16N2/c1-8-9-6-4-2-3-5-7-9/h8H,2-7H2,1H3. The lowest BCUT2D eigenvalue weighted by atomic mass is 10.2. The Balaban J connectivity index is 2.18. The summed E-state index contributed by atoms with van der Waals surface area (Å²) in [4.78, 5) is 0. The van der Waals surface area contributed by atoms with Gasteiger partial charge in [-0.15, -0.1) is 0 Å². The van der Waals surface area contributed by atoms with Crippen molar-refractivity contribution in [3.63, 3.8) is 0 Å². The van der Waals surface area contributed by atoms with Crippen molar-refractivity contribution in [1.29, 1.82) is 0 Å². The maximum atomic E-state index is 3.18. The second-order valence-electron chi connectivity index (χ2n) is 2.62. The number of rotatable bonds is 1. The van der Waals surface area contributed by atoms with Crippen LogP contribution in [-0.2, 0) is 0 Å². The Labute approximate surface area is 57.2 Å². The van der Waals surface area contributed by atoms with E-state index in [9.17, 15) is 0 Å². The highest BCUT2D eigenvalue weighted by molar-refractivity contribution is 4.57. The van der Waals surface area contributed by atoms with Crippen molar-refractivity contribution in [2.45, 2.75) is 25.7 Å². The van der Waals surface area contributed by atoms with Gasteiger partial charge in [0.2, 0.25) is 0 Å². The zero-order valence-corrected chi connectivity index (χ0v) is 6.19. The molecule has 1 rings (SSSR count). The molecule has 2 heteroatoms. The Hall–Kier alpha value is -0.0800. The number of hydrogen-bond acceptors (Lipinski definition) is 2. The Morgan fingerprint density at radius 1 is 1.00 bits per heavy atom. The van der Waals surface area contributed by atoms with Crippen molar-refractivity contribution in [2.24, 2.45) is 0 Å². The van der Waals surface area contributed by atoms with E-state index in [1.54, 1.807) is 0 Å². The van der Waals surface area contributed by atoms with Crippen LogP contribution in [0, 0.1) is 0 Å². The van der Waals surface area contributed by atoms with Gasteiger partial charge in [-0.25, -0.2) is 5.01 Å². The van der Waals surface area contributed by atoms with Gasteiger partial charge in [-0.05, 0) is 19.9 Å². The Bertz CT molecular complexity index is 65.3. The van der Waals surface area contributed by atoms with Crippen molar-refractivity contribution >= 4 is 0 Å². The Kier molecular flexibility index (Phi) is 3.01. The maximum Gasteiger partial charge on any atom is 0.0130 e. The van der Waals surface area contributed by atoms with Crippen LogP contribution < -0.4 is 5.43 Å². The monoisotopic (exact) mass is 128 g/mol. The molecule has 9 heavy (non-hydrogen) atoms. The summed E-state index contributed by atoms with van der Waals surface area (Å²) in [6.07, 6.45) is 5.55. The van der Waals surface area contributed by atoms with Crippen LogP contribution in [0.3, 0.4) is 0 Å². The van der Waals surface area contributed by atoms with Gasteiger partial charge < -0.3 is 0 Å². The minimum absolute atomic E-state index is 1.23. The average Bonchev–Trinajstić information content (AvgIpc) is 2.13. The SMILES string of the molecule is CNN1CCCCCC1. The predicted molar refractivity (Wildman–Crippen MR) is 39.1 cm³/mol. The van der Waals surface area contributed by atoms with E-state index in [0.29, 0.717) is 0 Å². The highest BCUT2D eigenvalue weighted by atomic mass is 15.5. The molecule has 0 atom stereocenters. The van der Waals surface area contributed by atoms with Crippen molar-refractivity contribution < 1.29 is 0 Å². The molecule has 1 aliphatic rings. The second-order valence-corrected chi connectivity index (χ2v) is 2.62. The van der Waals surface area contributed by atoms with Crippen LogP contribution in [0.1, 0.15) is 25.7 Å². The third kappa shape index (κ3) is 2.33. The largest absolute Gasteiger partial charge is 0.258 e. The van der Waals surface area contributed by atoms with E-state index in [1.807, 2.05) is 7.05 Å². The molecule has 1 N–H and O–H groups in total. The van der Waals surface area contributed by atoms with Crippen LogP contribution in [-0.4, -0.2) is 25.1 Å². The molecule has 0 aromatic heterocycles. The first-order chi connectivity index (χ1) is 4.43. The average molecular weight is 128 g/mol. The summed E-state index contributed by atoms with van der Waals surface area (Å²) in [5, 5.41) is 2.30. The lowest BCUT2D eigenvalue weighted by molar-refractivity contribution is 0.217. The molecule has 0 radical (unpaired) electrons. The number of nitrogens with one attached hydrogen (secondary N) is 1. The molecule has 0 spiro atoms. The van der Waals surface area contributed by atoms with Gasteiger partial charge in [0, 0.05) is 13.1 Å². The highest BCUT2D eigenvalue weighted by Gasteiger charge is 2.04. The van der Waals surface area contributed by atoms with Crippen LogP contribution in [0.15, 0.2) is 0 Å². The topological polar surface area (TPSA) is 15.3 Å². The van der Waals surface area contributed by atoms with Gasteiger partial charge in [-0.1, -0.05) is 12.8 Å². The lowest BCUT2D eigenvalue weighted by Gasteiger charge is -2.17.